The van der Waals surface area contributed by atoms with Crippen molar-refractivity contribution in [1.82, 2.24) is 9.78 Å². The number of hydrogen-bond donors (Lipinski definition) is 0. The first-order chi connectivity index (χ1) is 10.8. The molecule has 2 heterocycles. The summed E-state index contributed by atoms with van der Waals surface area (Å²) >= 11 is 0. The highest BCUT2D eigenvalue weighted by atomic mass is 16.7. The average Bonchev–Trinajstić information content (AvgIpc) is 3.02. The van der Waals surface area contributed by atoms with E-state index in [1.165, 1.54) is 5.57 Å². The van der Waals surface area contributed by atoms with Crippen LogP contribution >= 0.6 is 0 Å². The molecule has 1 aliphatic rings. The van der Waals surface area contributed by atoms with Crippen LogP contribution in [-0.4, -0.2) is 28.1 Å². The Morgan fingerprint density at radius 1 is 1.26 bits per heavy atom. The van der Waals surface area contributed by atoms with Gasteiger partial charge in [0.2, 0.25) is 0 Å². The minimum absolute atomic E-state index is 0.315. The highest BCUT2D eigenvalue weighted by Crippen LogP contribution is 2.36. The first kappa shape index (κ1) is 18.0. The molecular weight excluding hydrogens is 287 g/mol. The summed E-state index contributed by atoms with van der Waals surface area (Å²) in [5, 5.41) is 4.45. The SMILES string of the molecule is CC=CC=C(CC)CCn1cc(B2OC(C)(C)C(C)(C)O2)cn1. The predicted molar refractivity (Wildman–Crippen MR) is 95.7 cm³/mol. The summed E-state index contributed by atoms with van der Waals surface area (Å²) in [6, 6.07) is 0. The Morgan fingerprint density at radius 2 is 1.91 bits per heavy atom. The first-order valence-electron chi connectivity index (χ1n) is 8.48. The maximum Gasteiger partial charge on any atom is 0.498 e. The van der Waals surface area contributed by atoms with Crippen LogP contribution in [0.3, 0.4) is 0 Å². The van der Waals surface area contributed by atoms with Crippen molar-refractivity contribution in [3.8, 4) is 0 Å². The van der Waals surface area contributed by atoms with Crippen LogP contribution in [0.4, 0.5) is 0 Å². The third-order valence-electron chi connectivity index (χ3n) is 4.82. The quantitative estimate of drug-likeness (QED) is 0.595. The smallest absolute Gasteiger partial charge is 0.399 e. The maximum atomic E-state index is 6.07. The molecule has 1 fully saturated rings. The summed E-state index contributed by atoms with van der Waals surface area (Å²) in [5.74, 6) is 0. The van der Waals surface area contributed by atoms with Crippen molar-refractivity contribution in [3.63, 3.8) is 0 Å². The summed E-state index contributed by atoms with van der Waals surface area (Å²) in [4.78, 5) is 0. The molecule has 1 aromatic rings. The van der Waals surface area contributed by atoms with Crippen molar-refractivity contribution in [3.05, 3.63) is 36.2 Å². The van der Waals surface area contributed by atoms with Crippen LogP contribution in [-0.2, 0) is 15.9 Å². The molecule has 0 radical (unpaired) electrons. The van der Waals surface area contributed by atoms with Gasteiger partial charge in [0.25, 0.3) is 0 Å². The van der Waals surface area contributed by atoms with E-state index in [1.807, 2.05) is 24.0 Å². The summed E-state index contributed by atoms with van der Waals surface area (Å²) in [6.45, 7) is 13.4. The van der Waals surface area contributed by atoms with Crippen LogP contribution in [0, 0.1) is 0 Å². The second-order valence-corrected chi connectivity index (χ2v) is 7.08. The lowest BCUT2D eigenvalue weighted by Crippen LogP contribution is -2.41. The number of nitrogens with zero attached hydrogens (tertiary/aromatic N) is 2. The Bertz CT molecular complexity index is 572. The monoisotopic (exact) mass is 316 g/mol. The molecule has 0 N–H and O–H groups in total. The molecule has 2 rings (SSSR count). The number of hydrogen-bond acceptors (Lipinski definition) is 3. The third-order valence-corrected chi connectivity index (χ3v) is 4.82. The normalized spacial score (nSPS) is 20.6. The van der Waals surface area contributed by atoms with E-state index in [0.29, 0.717) is 0 Å². The van der Waals surface area contributed by atoms with Crippen LogP contribution < -0.4 is 5.46 Å². The summed E-state index contributed by atoms with van der Waals surface area (Å²) in [7, 11) is -0.335. The van der Waals surface area contributed by atoms with Crippen LogP contribution in [0.2, 0.25) is 0 Å². The average molecular weight is 316 g/mol. The topological polar surface area (TPSA) is 36.3 Å². The first-order valence-corrected chi connectivity index (χ1v) is 8.48. The molecule has 4 nitrogen and oxygen atoms in total. The summed E-state index contributed by atoms with van der Waals surface area (Å²) in [5.41, 5.74) is 1.78. The minimum atomic E-state index is -0.335. The van der Waals surface area contributed by atoms with Gasteiger partial charge in [0, 0.05) is 24.4 Å². The van der Waals surface area contributed by atoms with E-state index in [4.69, 9.17) is 9.31 Å². The van der Waals surface area contributed by atoms with Gasteiger partial charge in [0.15, 0.2) is 0 Å². The highest BCUT2D eigenvalue weighted by molar-refractivity contribution is 6.61. The molecule has 126 valence electrons. The minimum Gasteiger partial charge on any atom is -0.399 e. The second-order valence-electron chi connectivity index (χ2n) is 7.08. The molecule has 0 amide bonds. The van der Waals surface area contributed by atoms with Crippen LogP contribution in [0.1, 0.15) is 54.4 Å². The zero-order valence-corrected chi connectivity index (χ0v) is 15.3. The Hall–Kier alpha value is -1.33. The zero-order valence-electron chi connectivity index (χ0n) is 15.3. The van der Waals surface area contributed by atoms with Crippen molar-refractivity contribution >= 4 is 12.6 Å². The van der Waals surface area contributed by atoms with E-state index in [1.54, 1.807) is 0 Å². The fraction of sp³-hybridized carbons (Fsp3) is 0.611. The molecule has 1 aliphatic heterocycles. The molecule has 0 atom stereocenters. The molecule has 0 unspecified atom stereocenters. The fourth-order valence-corrected chi connectivity index (χ4v) is 2.47. The van der Waals surface area contributed by atoms with E-state index in [9.17, 15) is 0 Å². The van der Waals surface area contributed by atoms with Gasteiger partial charge in [0.05, 0.1) is 11.2 Å². The Balaban J connectivity index is 1.99. The van der Waals surface area contributed by atoms with E-state index in [0.717, 1.165) is 24.8 Å². The number of allylic oxidation sites excluding steroid dienone is 4. The van der Waals surface area contributed by atoms with Crippen molar-refractivity contribution in [1.29, 1.82) is 0 Å². The molecule has 0 saturated carbocycles. The van der Waals surface area contributed by atoms with E-state index in [-0.39, 0.29) is 18.3 Å². The Labute approximate surface area is 140 Å². The van der Waals surface area contributed by atoms with Gasteiger partial charge in [-0.05, 0) is 47.5 Å². The van der Waals surface area contributed by atoms with Crippen molar-refractivity contribution in [2.45, 2.75) is 72.1 Å². The van der Waals surface area contributed by atoms with Gasteiger partial charge in [-0.25, -0.2) is 0 Å². The Morgan fingerprint density at radius 3 is 2.48 bits per heavy atom. The number of aryl methyl sites for hydroxylation is 1. The molecule has 1 saturated heterocycles. The highest BCUT2D eigenvalue weighted by Gasteiger charge is 2.52. The Kier molecular flexibility index (Phi) is 5.53. The van der Waals surface area contributed by atoms with Gasteiger partial charge in [-0.2, -0.15) is 5.10 Å². The molecule has 0 aromatic carbocycles. The van der Waals surface area contributed by atoms with E-state index >= 15 is 0 Å². The van der Waals surface area contributed by atoms with Crippen molar-refractivity contribution < 1.29 is 9.31 Å². The largest absolute Gasteiger partial charge is 0.498 e. The van der Waals surface area contributed by atoms with Gasteiger partial charge < -0.3 is 9.31 Å². The zero-order chi connectivity index (χ0) is 17.1. The standard InChI is InChI=1S/C18H29BN2O2/c1-7-9-10-15(8-2)11-12-21-14-16(13-20-21)19-22-17(3,4)18(5,6)23-19/h7,9-10,13-14H,8,11-12H2,1-6H3. The van der Waals surface area contributed by atoms with Gasteiger partial charge in [-0.15, -0.1) is 0 Å². The maximum absolute atomic E-state index is 6.07. The van der Waals surface area contributed by atoms with Crippen molar-refractivity contribution in [2.24, 2.45) is 0 Å². The van der Waals surface area contributed by atoms with Crippen LogP contribution in [0.25, 0.3) is 0 Å². The lowest BCUT2D eigenvalue weighted by atomic mass is 9.82. The van der Waals surface area contributed by atoms with Crippen molar-refractivity contribution in [2.75, 3.05) is 0 Å². The lowest BCUT2D eigenvalue weighted by Gasteiger charge is -2.32. The molecule has 0 spiro atoms. The molecule has 23 heavy (non-hydrogen) atoms. The predicted octanol–water partition coefficient (Wildman–Crippen LogP) is 3.48. The van der Waals surface area contributed by atoms with Gasteiger partial charge in [0.1, 0.15) is 0 Å². The third kappa shape index (κ3) is 4.15. The van der Waals surface area contributed by atoms with Gasteiger partial charge in [-0.1, -0.05) is 30.7 Å². The fourth-order valence-electron chi connectivity index (χ4n) is 2.47. The molecular formula is C18H29BN2O2. The van der Waals surface area contributed by atoms with E-state index in [2.05, 4.69) is 57.9 Å². The molecule has 1 aromatic heterocycles. The van der Waals surface area contributed by atoms with Gasteiger partial charge >= 0.3 is 7.12 Å². The lowest BCUT2D eigenvalue weighted by molar-refractivity contribution is 0.00578. The summed E-state index contributed by atoms with van der Waals surface area (Å²) in [6.07, 6.45) is 12.3. The second kappa shape index (κ2) is 7.06. The molecule has 0 aliphatic carbocycles. The molecule has 5 heteroatoms. The van der Waals surface area contributed by atoms with Crippen LogP contribution in [0.5, 0.6) is 0 Å². The molecule has 0 bridgehead atoms. The summed E-state index contributed by atoms with van der Waals surface area (Å²) < 4.78 is 14.1. The van der Waals surface area contributed by atoms with Gasteiger partial charge in [-0.3, -0.25) is 4.68 Å². The van der Waals surface area contributed by atoms with Crippen LogP contribution in [0.15, 0.2) is 36.2 Å². The van der Waals surface area contributed by atoms with E-state index < -0.39 is 0 Å². The number of aromatic nitrogens is 2. The number of rotatable bonds is 6.